The van der Waals surface area contributed by atoms with Gasteiger partial charge in [-0.05, 0) is 90.6 Å². The third-order valence-electron chi connectivity index (χ3n) is 9.82. The average molecular weight is 946 g/mol. The molecule has 0 unspecified atom stereocenters. The molecular weight excluding hydrogens is 907 g/mol. The molecule has 6 rings (SSSR count). The molecule has 19 nitrogen and oxygen atoms in total. The van der Waals surface area contributed by atoms with Gasteiger partial charge in [0, 0.05) is 48.8 Å². The highest BCUT2D eigenvalue weighted by Gasteiger charge is 2.32. The first-order chi connectivity index (χ1) is 29.6. The number of carbonyl (C=O) groups excluding carboxylic acids is 1. The van der Waals surface area contributed by atoms with Gasteiger partial charge in [-0.3, -0.25) is 33.3 Å². The van der Waals surface area contributed by atoms with Crippen LogP contribution in [0.4, 0.5) is 5.69 Å². The zero-order chi connectivity index (χ0) is 45.9. The summed E-state index contributed by atoms with van der Waals surface area (Å²) in [6.45, 7) is -0.0829. The number of nitrogens with zero attached hydrogens (tertiary/aromatic N) is 2. The standard InChI is InChI=1S/C40H39N3O16S4/c1-43(23-4-24-58-45)40(44)30-6-3-2-5-29(30)35-31-15-17-33(41-21-19-25-7-11-27(12-8-25)60(46,47)48)38(62(52,53)54)36(31)59-37-32(35)16-18-34(39(37)63(55,56)57)42-22-20-26-9-13-28(14-10-26)61(49,50)51/h2-3,5-18,41,45H,4,19-24H2,1H3,(H,46,47,48)(H,49,50,51)(H,52,53,54)(H,55,56,57). The lowest BCUT2D eigenvalue weighted by molar-refractivity contribution is -0.242. The van der Waals surface area contributed by atoms with Crippen molar-refractivity contribution in [3.63, 3.8) is 0 Å². The molecule has 1 aliphatic carbocycles. The van der Waals surface area contributed by atoms with E-state index in [0.717, 1.165) is 0 Å². The van der Waals surface area contributed by atoms with Gasteiger partial charge in [-0.2, -0.15) is 33.7 Å². The largest absolute Gasteiger partial charge is 0.453 e. The van der Waals surface area contributed by atoms with E-state index < -0.39 is 67.5 Å². The quantitative estimate of drug-likeness (QED) is 0.0232. The molecule has 0 bridgehead atoms. The normalized spacial score (nSPS) is 12.8. The van der Waals surface area contributed by atoms with E-state index in [0.29, 0.717) is 11.1 Å². The Morgan fingerprint density at radius 1 is 0.698 bits per heavy atom. The van der Waals surface area contributed by atoms with Crippen LogP contribution in [0, 0.1) is 0 Å². The fraction of sp³-hybridized carbons (Fsp3) is 0.200. The van der Waals surface area contributed by atoms with Crippen LogP contribution in [0.15, 0.2) is 126 Å². The topological polar surface area (TPSA) is 305 Å². The van der Waals surface area contributed by atoms with Gasteiger partial charge in [-0.1, -0.05) is 42.5 Å². The Labute approximate surface area is 361 Å². The molecule has 0 fully saturated rings. The molecular formula is C40H39N3O16S4. The van der Waals surface area contributed by atoms with Crippen LogP contribution in [0.5, 0.6) is 0 Å². The van der Waals surface area contributed by atoms with Crippen molar-refractivity contribution in [2.24, 2.45) is 4.99 Å². The number of anilines is 1. The van der Waals surface area contributed by atoms with Crippen molar-refractivity contribution in [3.05, 3.63) is 119 Å². The van der Waals surface area contributed by atoms with E-state index in [9.17, 15) is 56.7 Å². The maximum absolute atomic E-state index is 14.0. The number of fused-ring (bicyclic) bond motifs is 2. The summed E-state index contributed by atoms with van der Waals surface area (Å²) in [5, 5.41) is 11.4. The first-order valence-corrected chi connectivity index (χ1v) is 24.4. The molecule has 1 aliphatic heterocycles. The fourth-order valence-corrected chi connectivity index (χ4v) is 9.43. The first-order valence-electron chi connectivity index (χ1n) is 18.6. The minimum atomic E-state index is -5.28. The van der Waals surface area contributed by atoms with Crippen molar-refractivity contribution >= 4 is 63.0 Å². The molecule has 0 saturated carbocycles. The van der Waals surface area contributed by atoms with Gasteiger partial charge in [0.2, 0.25) is 0 Å². The Bertz CT molecular complexity index is 3190. The summed E-state index contributed by atoms with van der Waals surface area (Å²) >= 11 is 0. The van der Waals surface area contributed by atoms with Crippen molar-refractivity contribution in [1.29, 1.82) is 0 Å². The smallest absolute Gasteiger partial charge is 0.300 e. The summed E-state index contributed by atoms with van der Waals surface area (Å²) in [5.74, 6) is -1.13. The maximum atomic E-state index is 14.0. The van der Waals surface area contributed by atoms with Crippen LogP contribution in [0.25, 0.3) is 33.4 Å². The zero-order valence-electron chi connectivity index (χ0n) is 32.9. The van der Waals surface area contributed by atoms with Gasteiger partial charge in [0.1, 0.15) is 0 Å². The Balaban J connectivity index is 1.57. The lowest BCUT2D eigenvalue weighted by Gasteiger charge is -2.23. The second-order valence-corrected chi connectivity index (χ2v) is 19.6. The molecule has 1 heterocycles. The molecule has 334 valence electrons. The van der Waals surface area contributed by atoms with Gasteiger partial charge in [0.15, 0.2) is 21.1 Å². The van der Waals surface area contributed by atoms with Crippen LogP contribution in [-0.2, 0) is 58.2 Å². The van der Waals surface area contributed by atoms with Crippen molar-refractivity contribution < 1.29 is 71.2 Å². The Hall–Kier alpha value is -5.60. The number of hydrogen-bond donors (Lipinski definition) is 6. The predicted octanol–water partition coefficient (Wildman–Crippen LogP) is 4.94. The molecule has 0 radical (unpaired) electrons. The summed E-state index contributed by atoms with van der Waals surface area (Å²) in [6, 6.07) is 21.9. The molecule has 63 heavy (non-hydrogen) atoms. The summed E-state index contributed by atoms with van der Waals surface area (Å²) in [6.07, 6.45) is 0.541. The number of rotatable bonds is 17. The molecule has 4 aromatic carbocycles. The molecule has 1 amide bonds. The second-order valence-electron chi connectivity index (χ2n) is 14.0. The minimum Gasteiger partial charge on any atom is -0.453 e. The summed E-state index contributed by atoms with van der Waals surface area (Å²) in [7, 11) is -18.0. The van der Waals surface area contributed by atoms with Gasteiger partial charge in [-0.25, -0.2) is 4.89 Å². The van der Waals surface area contributed by atoms with E-state index in [2.05, 4.69) is 15.2 Å². The summed E-state index contributed by atoms with van der Waals surface area (Å²) in [4.78, 5) is 21.4. The highest BCUT2D eigenvalue weighted by atomic mass is 32.2. The monoisotopic (exact) mass is 945 g/mol. The Morgan fingerprint density at radius 2 is 1.29 bits per heavy atom. The first kappa shape index (κ1) is 46.9. The van der Waals surface area contributed by atoms with Crippen LogP contribution in [0.3, 0.4) is 0 Å². The molecule has 23 heteroatoms. The van der Waals surface area contributed by atoms with Crippen LogP contribution < -0.4 is 10.7 Å². The van der Waals surface area contributed by atoms with E-state index in [1.165, 1.54) is 96.9 Å². The lowest BCUT2D eigenvalue weighted by atomic mass is 9.90. The SMILES string of the molecule is CN(CCCOO)C(=O)c1ccccc1-c1c2ccc(=NCCc3ccc(S(=O)(=O)O)cc3)c(S(=O)(=O)O)c-2oc2c(S(=O)(=O)O)c(NCCc3ccc(S(=O)(=O)O)cc3)ccc12. The van der Waals surface area contributed by atoms with Crippen molar-refractivity contribution in [2.75, 3.05) is 38.6 Å². The molecule has 0 atom stereocenters. The second kappa shape index (κ2) is 18.6. The highest BCUT2D eigenvalue weighted by molar-refractivity contribution is 7.86. The molecule has 0 aromatic heterocycles. The van der Waals surface area contributed by atoms with Crippen molar-refractivity contribution in [1.82, 2.24) is 4.90 Å². The Morgan fingerprint density at radius 3 is 1.86 bits per heavy atom. The van der Waals surface area contributed by atoms with E-state index in [-0.39, 0.29) is 94.0 Å². The fourth-order valence-electron chi connectivity index (χ4n) is 6.88. The molecule has 0 spiro atoms. The van der Waals surface area contributed by atoms with E-state index in [1.807, 2.05) is 0 Å². The highest BCUT2D eigenvalue weighted by Crippen LogP contribution is 2.46. The minimum absolute atomic E-state index is 0.0114. The predicted molar refractivity (Wildman–Crippen MR) is 227 cm³/mol. The van der Waals surface area contributed by atoms with Crippen LogP contribution in [-0.4, -0.2) is 101 Å². The number of hydrogen-bond acceptors (Lipinski definition) is 14. The molecule has 2 aliphatic rings. The lowest BCUT2D eigenvalue weighted by Crippen LogP contribution is -2.28. The summed E-state index contributed by atoms with van der Waals surface area (Å²) in [5.41, 5.74) is 0.583. The average Bonchev–Trinajstić information content (AvgIpc) is 3.21. The zero-order valence-corrected chi connectivity index (χ0v) is 36.2. The third kappa shape index (κ3) is 10.8. The molecule has 0 saturated heterocycles. The number of benzene rings is 5. The summed E-state index contributed by atoms with van der Waals surface area (Å²) < 4.78 is 146. The van der Waals surface area contributed by atoms with Crippen LogP contribution >= 0.6 is 0 Å². The van der Waals surface area contributed by atoms with Gasteiger partial charge in [0.25, 0.3) is 46.4 Å². The number of carbonyl (C=O) groups is 1. The van der Waals surface area contributed by atoms with Gasteiger partial charge >= 0.3 is 0 Å². The molecule has 6 N–H and O–H groups in total. The molecule has 4 aromatic rings. The van der Waals surface area contributed by atoms with E-state index >= 15 is 0 Å². The maximum Gasteiger partial charge on any atom is 0.300 e. The third-order valence-corrected chi connectivity index (χ3v) is 13.4. The number of amides is 1. The number of nitrogens with one attached hydrogen (secondary N) is 1. The van der Waals surface area contributed by atoms with E-state index in [4.69, 9.17) is 9.67 Å². The van der Waals surface area contributed by atoms with Crippen LogP contribution in [0.1, 0.15) is 27.9 Å². The van der Waals surface area contributed by atoms with Crippen molar-refractivity contribution in [3.8, 4) is 22.5 Å². The van der Waals surface area contributed by atoms with Crippen LogP contribution in [0.2, 0.25) is 0 Å². The van der Waals surface area contributed by atoms with Gasteiger partial charge < -0.3 is 14.6 Å². The van der Waals surface area contributed by atoms with Gasteiger partial charge in [-0.15, -0.1) is 0 Å². The van der Waals surface area contributed by atoms with E-state index in [1.54, 1.807) is 12.1 Å². The van der Waals surface area contributed by atoms with Gasteiger partial charge in [0.05, 0.1) is 27.4 Å². The van der Waals surface area contributed by atoms with Crippen molar-refractivity contribution in [2.45, 2.75) is 38.8 Å². The Kier molecular flexibility index (Phi) is 13.9.